The van der Waals surface area contributed by atoms with Crippen molar-refractivity contribution < 1.29 is 14.3 Å². The average Bonchev–Trinajstić information content (AvgIpc) is 2.87. The highest BCUT2D eigenvalue weighted by Crippen LogP contribution is 2.17. The van der Waals surface area contributed by atoms with Gasteiger partial charge in [-0.2, -0.15) is 5.10 Å². The minimum Gasteiger partial charge on any atom is -0.468 e. The standard InChI is InChI=1S/C15H25N3O3/c1-7-18-13(8-12(16-18)10(2)3)15(20)17(11(4)5)9-14(19)21-6/h8,10-11H,7,9H2,1-6H3. The second kappa shape index (κ2) is 7.24. The van der Waals surface area contributed by atoms with Gasteiger partial charge in [0.05, 0.1) is 12.8 Å². The van der Waals surface area contributed by atoms with Crippen LogP contribution in [-0.4, -0.2) is 46.3 Å². The fourth-order valence-corrected chi connectivity index (χ4v) is 1.97. The van der Waals surface area contributed by atoms with Gasteiger partial charge in [0.15, 0.2) is 0 Å². The van der Waals surface area contributed by atoms with Crippen LogP contribution in [0.15, 0.2) is 6.07 Å². The topological polar surface area (TPSA) is 64.4 Å². The Labute approximate surface area is 126 Å². The quantitative estimate of drug-likeness (QED) is 0.753. The van der Waals surface area contributed by atoms with Crippen LogP contribution in [0.5, 0.6) is 0 Å². The molecule has 0 fully saturated rings. The molecule has 0 bridgehead atoms. The summed E-state index contributed by atoms with van der Waals surface area (Å²) in [5.41, 5.74) is 1.39. The largest absolute Gasteiger partial charge is 0.468 e. The molecule has 0 aliphatic carbocycles. The lowest BCUT2D eigenvalue weighted by molar-refractivity contribution is -0.141. The van der Waals surface area contributed by atoms with Crippen molar-refractivity contribution in [1.82, 2.24) is 14.7 Å². The Morgan fingerprint density at radius 3 is 2.38 bits per heavy atom. The number of aryl methyl sites for hydroxylation is 1. The van der Waals surface area contributed by atoms with Crippen LogP contribution in [0.25, 0.3) is 0 Å². The molecular formula is C15H25N3O3. The molecule has 1 amide bonds. The molecule has 0 saturated heterocycles. The van der Waals surface area contributed by atoms with Crippen molar-refractivity contribution in [3.05, 3.63) is 17.5 Å². The molecule has 1 rings (SSSR count). The lowest BCUT2D eigenvalue weighted by atomic mass is 10.1. The summed E-state index contributed by atoms with van der Waals surface area (Å²) in [5, 5.41) is 4.44. The maximum atomic E-state index is 12.7. The van der Waals surface area contributed by atoms with E-state index in [1.807, 2.05) is 40.7 Å². The van der Waals surface area contributed by atoms with Crippen LogP contribution in [0.3, 0.4) is 0 Å². The molecule has 0 saturated carbocycles. The average molecular weight is 295 g/mol. The highest BCUT2D eigenvalue weighted by molar-refractivity contribution is 5.94. The molecule has 0 atom stereocenters. The van der Waals surface area contributed by atoms with E-state index in [1.165, 1.54) is 12.0 Å². The molecule has 6 nitrogen and oxygen atoms in total. The van der Waals surface area contributed by atoms with Crippen molar-refractivity contribution in [2.75, 3.05) is 13.7 Å². The zero-order valence-electron chi connectivity index (χ0n) is 13.7. The normalized spacial score (nSPS) is 11.0. The molecule has 0 N–H and O–H groups in total. The first-order chi connectivity index (χ1) is 9.81. The van der Waals surface area contributed by atoms with Crippen molar-refractivity contribution in [2.24, 2.45) is 0 Å². The Hall–Kier alpha value is -1.85. The molecule has 118 valence electrons. The lowest BCUT2D eigenvalue weighted by Gasteiger charge is -2.25. The van der Waals surface area contributed by atoms with Crippen LogP contribution in [-0.2, 0) is 16.1 Å². The van der Waals surface area contributed by atoms with E-state index in [1.54, 1.807) is 4.68 Å². The number of amides is 1. The van der Waals surface area contributed by atoms with Gasteiger partial charge in [-0.05, 0) is 32.8 Å². The number of nitrogens with zero attached hydrogens (tertiary/aromatic N) is 3. The number of carbonyl (C=O) groups excluding carboxylic acids is 2. The number of methoxy groups -OCH3 is 1. The molecule has 6 heteroatoms. The Morgan fingerprint density at radius 1 is 1.33 bits per heavy atom. The predicted molar refractivity (Wildman–Crippen MR) is 80.2 cm³/mol. The molecule has 0 aliphatic heterocycles. The van der Waals surface area contributed by atoms with E-state index in [-0.39, 0.29) is 24.4 Å². The monoisotopic (exact) mass is 295 g/mol. The van der Waals surface area contributed by atoms with E-state index in [2.05, 4.69) is 9.84 Å². The zero-order chi connectivity index (χ0) is 16.2. The summed E-state index contributed by atoms with van der Waals surface area (Å²) in [4.78, 5) is 25.7. The molecule has 21 heavy (non-hydrogen) atoms. The second-order valence-electron chi connectivity index (χ2n) is 5.53. The lowest BCUT2D eigenvalue weighted by Crippen LogP contribution is -2.41. The van der Waals surface area contributed by atoms with Gasteiger partial charge < -0.3 is 9.64 Å². The first-order valence-corrected chi connectivity index (χ1v) is 7.27. The van der Waals surface area contributed by atoms with Gasteiger partial charge in [-0.3, -0.25) is 14.3 Å². The summed E-state index contributed by atoms with van der Waals surface area (Å²) in [6.07, 6.45) is 0. The molecule has 1 aromatic rings. The molecule has 0 radical (unpaired) electrons. The van der Waals surface area contributed by atoms with Crippen LogP contribution in [0.2, 0.25) is 0 Å². The summed E-state index contributed by atoms with van der Waals surface area (Å²) in [5.74, 6) is -0.377. The van der Waals surface area contributed by atoms with Gasteiger partial charge in [0.2, 0.25) is 0 Å². The summed E-state index contributed by atoms with van der Waals surface area (Å²) >= 11 is 0. The van der Waals surface area contributed by atoms with Crippen molar-refractivity contribution in [3.8, 4) is 0 Å². The van der Waals surface area contributed by atoms with Crippen molar-refractivity contribution >= 4 is 11.9 Å². The van der Waals surface area contributed by atoms with Gasteiger partial charge in [0.1, 0.15) is 12.2 Å². The van der Waals surface area contributed by atoms with Crippen molar-refractivity contribution in [3.63, 3.8) is 0 Å². The Balaban J connectivity index is 3.11. The van der Waals surface area contributed by atoms with Crippen LogP contribution in [0.1, 0.15) is 56.7 Å². The Morgan fingerprint density at radius 2 is 1.95 bits per heavy atom. The number of rotatable bonds is 6. The third-order valence-corrected chi connectivity index (χ3v) is 3.32. The molecular weight excluding hydrogens is 270 g/mol. The van der Waals surface area contributed by atoms with E-state index >= 15 is 0 Å². The second-order valence-corrected chi connectivity index (χ2v) is 5.53. The maximum Gasteiger partial charge on any atom is 0.325 e. The van der Waals surface area contributed by atoms with Crippen molar-refractivity contribution in [1.29, 1.82) is 0 Å². The molecule has 0 aromatic carbocycles. The van der Waals surface area contributed by atoms with Gasteiger partial charge in [0, 0.05) is 12.6 Å². The number of esters is 1. The first kappa shape index (κ1) is 17.2. The smallest absolute Gasteiger partial charge is 0.325 e. The third-order valence-electron chi connectivity index (χ3n) is 3.32. The van der Waals surface area contributed by atoms with Gasteiger partial charge in [-0.1, -0.05) is 13.8 Å². The molecule has 0 aliphatic rings. The summed E-state index contributed by atoms with van der Waals surface area (Å²) in [7, 11) is 1.32. The molecule has 0 unspecified atom stereocenters. The summed E-state index contributed by atoms with van der Waals surface area (Å²) < 4.78 is 6.35. The number of aromatic nitrogens is 2. The van der Waals surface area contributed by atoms with Crippen LogP contribution < -0.4 is 0 Å². The minimum absolute atomic E-state index is 0.0566. The van der Waals surface area contributed by atoms with Gasteiger partial charge in [0.25, 0.3) is 5.91 Å². The fraction of sp³-hybridized carbons (Fsp3) is 0.667. The number of ether oxygens (including phenoxy) is 1. The summed E-state index contributed by atoms with van der Waals surface area (Å²) in [6, 6.07) is 1.71. The van der Waals surface area contributed by atoms with Crippen LogP contribution in [0, 0.1) is 0 Å². The number of hydrogen-bond acceptors (Lipinski definition) is 4. The van der Waals surface area contributed by atoms with E-state index in [4.69, 9.17) is 0 Å². The first-order valence-electron chi connectivity index (χ1n) is 7.27. The minimum atomic E-state index is -0.427. The Kier molecular flexibility index (Phi) is 5.93. The van der Waals surface area contributed by atoms with E-state index in [0.29, 0.717) is 12.2 Å². The SMILES string of the molecule is CCn1nc(C(C)C)cc1C(=O)N(CC(=O)OC)C(C)C. The highest BCUT2D eigenvalue weighted by Gasteiger charge is 2.25. The maximum absolute atomic E-state index is 12.7. The Bertz CT molecular complexity index is 506. The number of carbonyl (C=O) groups is 2. The predicted octanol–water partition coefficient (Wildman–Crippen LogP) is 2.05. The van der Waals surface area contributed by atoms with Gasteiger partial charge in [-0.25, -0.2) is 0 Å². The van der Waals surface area contributed by atoms with Crippen molar-refractivity contribution in [2.45, 2.75) is 53.1 Å². The third kappa shape index (κ3) is 4.06. The van der Waals surface area contributed by atoms with E-state index in [9.17, 15) is 9.59 Å². The summed E-state index contributed by atoms with van der Waals surface area (Å²) in [6.45, 7) is 10.3. The van der Waals surface area contributed by atoms with Gasteiger partial charge >= 0.3 is 5.97 Å². The zero-order valence-corrected chi connectivity index (χ0v) is 13.7. The van der Waals surface area contributed by atoms with E-state index in [0.717, 1.165) is 5.69 Å². The van der Waals surface area contributed by atoms with Crippen LogP contribution >= 0.6 is 0 Å². The number of hydrogen-bond donors (Lipinski definition) is 0. The molecule has 1 aromatic heterocycles. The molecule has 1 heterocycles. The van der Waals surface area contributed by atoms with E-state index < -0.39 is 5.97 Å². The van der Waals surface area contributed by atoms with Crippen LogP contribution in [0.4, 0.5) is 0 Å². The molecule has 0 spiro atoms. The highest BCUT2D eigenvalue weighted by atomic mass is 16.5. The van der Waals surface area contributed by atoms with Gasteiger partial charge in [-0.15, -0.1) is 0 Å². The fourth-order valence-electron chi connectivity index (χ4n) is 1.97.